The van der Waals surface area contributed by atoms with Crippen LogP contribution in [-0.4, -0.2) is 35.5 Å². The third-order valence-corrected chi connectivity index (χ3v) is 6.98. The first-order chi connectivity index (χ1) is 12.9. The number of hydrogen-bond acceptors (Lipinski definition) is 4. The van der Waals surface area contributed by atoms with Crippen LogP contribution >= 0.6 is 0 Å². The third-order valence-electron chi connectivity index (χ3n) is 5.07. The smallest absolute Gasteiger partial charge is 0.243 e. The molecule has 3 rings (SSSR count). The fraction of sp³-hybridized carbons (Fsp3) is 0.429. The van der Waals surface area contributed by atoms with Gasteiger partial charge in [0, 0.05) is 12.6 Å². The lowest BCUT2D eigenvalue weighted by Gasteiger charge is -2.34. The van der Waals surface area contributed by atoms with Crippen LogP contribution in [0.15, 0.2) is 59.5 Å². The summed E-state index contributed by atoms with van der Waals surface area (Å²) >= 11 is 0. The van der Waals surface area contributed by atoms with Gasteiger partial charge in [-0.3, -0.25) is 0 Å². The standard InChI is InChI=1S/C21H27NO4S/c1-2-3-15-21(24,17-7-5-4-6-8-17)16-22(18-9-10-18)27(25,26)20-13-11-19(23)12-14-20/h4-8,11-14,18,23-24H,2-3,9-10,15-16H2,1H3. The van der Waals surface area contributed by atoms with Crippen molar-refractivity contribution >= 4 is 10.0 Å². The minimum absolute atomic E-state index is 0.0238. The van der Waals surface area contributed by atoms with Crippen molar-refractivity contribution in [2.75, 3.05) is 6.54 Å². The van der Waals surface area contributed by atoms with Crippen LogP contribution < -0.4 is 0 Å². The summed E-state index contributed by atoms with van der Waals surface area (Å²) in [5.74, 6) is 0.0238. The van der Waals surface area contributed by atoms with E-state index in [9.17, 15) is 18.6 Å². The molecule has 0 aromatic heterocycles. The van der Waals surface area contributed by atoms with Crippen LogP contribution in [-0.2, 0) is 15.6 Å². The number of phenols is 1. The summed E-state index contributed by atoms with van der Waals surface area (Å²) in [6.45, 7) is 2.09. The molecule has 1 atom stereocenters. The van der Waals surface area contributed by atoms with Crippen molar-refractivity contribution in [2.45, 2.75) is 55.6 Å². The number of aliphatic hydroxyl groups is 1. The molecule has 146 valence electrons. The first-order valence-corrected chi connectivity index (χ1v) is 10.9. The highest BCUT2D eigenvalue weighted by molar-refractivity contribution is 7.89. The van der Waals surface area contributed by atoms with Crippen LogP contribution in [0.2, 0.25) is 0 Å². The molecule has 2 N–H and O–H groups in total. The van der Waals surface area contributed by atoms with Gasteiger partial charge in [-0.25, -0.2) is 8.42 Å². The highest BCUT2D eigenvalue weighted by Gasteiger charge is 2.43. The van der Waals surface area contributed by atoms with E-state index in [4.69, 9.17) is 0 Å². The summed E-state index contributed by atoms with van der Waals surface area (Å²) in [6, 6.07) is 14.8. The van der Waals surface area contributed by atoms with E-state index in [1.807, 2.05) is 30.3 Å². The van der Waals surface area contributed by atoms with Gasteiger partial charge in [0.1, 0.15) is 11.4 Å². The molecule has 0 radical (unpaired) electrons. The lowest BCUT2D eigenvalue weighted by atomic mass is 9.88. The molecule has 1 unspecified atom stereocenters. The molecule has 6 heteroatoms. The third kappa shape index (κ3) is 4.51. The predicted octanol–water partition coefficient (Wildman–Crippen LogP) is 3.62. The molecule has 1 aliphatic rings. The molecule has 27 heavy (non-hydrogen) atoms. The molecular weight excluding hydrogens is 362 g/mol. The zero-order valence-corrected chi connectivity index (χ0v) is 16.4. The van der Waals surface area contributed by atoms with Crippen LogP contribution in [0.1, 0.15) is 44.6 Å². The van der Waals surface area contributed by atoms with Crippen molar-refractivity contribution in [3.05, 3.63) is 60.2 Å². The Morgan fingerprint density at radius 2 is 1.70 bits per heavy atom. The molecular formula is C21H27NO4S. The van der Waals surface area contributed by atoms with E-state index in [0.29, 0.717) is 6.42 Å². The molecule has 5 nitrogen and oxygen atoms in total. The van der Waals surface area contributed by atoms with E-state index in [0.717, 1.165) is 31.2 Å². The largest absolute Gasteiger partial charge is 0.508 e. The van der Waals surface area contributed by atoms with E-state index in [2.05, 4.69) is 6.92 Å². The van der Waals surface area contributed by atoms with Crippen LogP contribution in [0.4, 0.5) is 0 Å². The zero-order chi connectivity index (χ0) is 19.5. The molecule has 1 fully saturated rings. The summed E-state index contributed by atoms with van der Waals surface area (Å²) in [5, 5.41) is 20.9. The molecule has 2 aromatic rings. The molecule has 0 spiro atoms. The van der Waals surface area contributed by atoms with Gasteiger partial charge in [0.15, 0.2) is 0 Å². The lowest BCUT2D eigenvalue weighted by molar-refractivity contribution is 0.00649. The number of phenolic OH excluding ortho intramolecular Hbond substituents is 1. The number of rotatable bonds is 9. The number of unbranched alkanes of at least 4 members (excludes halogenated alkanes) is 1. The molecule has 0 amide bonds. The summed E-state index contributed by atoms with van der Waals surface area (Å²) in [7, 11) is -3.76. The minimum Gasteiger partial charge on any atom is -0.508 e. The fourth-order valence-corrected chi connectivity index (χ4v) is 5.05. The second-order valence-corrected chi connectivity index (χ2v) is 9.17. The summed E-state index contributed by atoms with van der Waals surface area (Å²) in [6.07, 6.45) is 3.83. The van der Waals surface area contributed by atoms with Gasteiger partial charge in [0.05, 0.1) is 4.90 Å². The van der Waals surface area contributed by atoms with Gasteiger partial charge in [0.2, 0.25) is 10.0 Å². The van der Waals surface area contributed by atoms with Crippen LogP contribution in [0.5, 0.6) is 5.75 Å². The van der Waals surface area contributed by atoms with Crippen LogP contribution in [0.3, 0.4) is 0 Å². The highest BCUT2D eigenvalue weighted by Crippen LogP contribution is 2.37. The Kier molecular flexibility index (Phi) is 5.89. The first kappa shape index (κ1) is 19.9. The Balaban J connectivity index is 1.95. The van der Waals surface area contributed by atoms with Crippen molar-refractivity contribution in [3.63, 3.8) is 0 Å². The maximum Gasteiger partial charge on any atom is 0.243 e. The quantitative estimate of drug-likeness (QED) is 0.687. The number of aromatic hydroxyl groups is 1. The van der Waals surface area contributed by atoms with Crippen molar-refractivity contribution in [3.8, 4) is 5.75 Å². The highest BCUT2D eigenvalue weighted by atomic mass is 32.2. The van der Waals surface area contributed by atoms with Crippen molar-refractivity contribution in [1.82, 2.24) is 4.31 Å². The number of benzene rings is 2. The summed E-state index contributed by atoms with van der Waals surface area (Å²) < 4.78 is 27.9. The van der Waals surface area contributed by atoms with E-state index >= 15 is 0 Å². The molecule has 0 bridgehead atoms. The maximum atomic E-state index is 13.2. The minimum atomic E-state index is -3.76. The fourth-order valence-electron chi connectivity index (χ4n) is 3.32. The van der Waals surface area contributed by atoms with Crippen molar-refractivity contribution in [1.29, 1.82) is 0 Å². The summed E-state index contributed by atoms with van der Waals surface area (Å²) in [4.78, 5) is 0.137. The van der Waals surface area contributed by atoms with Crippen molar-refractivity contribution < 1.29 is 18.6 Å². The van der Waals surface area contributed by atoms with Crippen molar-refractivity contribution in [2.24, 2.45) is 0 Å². The van der Waals surface area contributed by atoms with Gasteiger partial charge in [-0.05, 0) is 49.1 Å². The Morgan fingerprint density at radius 3 is 2.26 bits per heavy atom. The van der Waals surface area contributed by atoms with Gasteiger partial charge in [-0.2, -0.15) is 4.31 Å². The Bertz CT molecular complexity index is 848. The van der Waals surface area contributed by atoms with Gasteiger partial charge in [-0.15, -0.1) is 0 Å². The van der Waals surface area contributed by atoms with Gasteiger partial charge >= 0.3 is 0 Å². The maximum absolute atomic E-state index is 13.2. The van der Waals surface area contributed by atoms with E-state index < -0.39 is 15.6 Å². The van der Waals surface area contributed by atoms with E-state index in [-0.39, 0.29) is 23.2 Å². The monoisotopic (exact) mass is 389 g/mol. The second kappa shape index (κ2) is 8.00. The second-order valence-electron chi connectivity index (χ2n) is 7.28. The number of nitrogens with zero attached hydrogens (tertiary/aromatic N) is 1. The topological polar surface area (TPSA) is 77.8 Å². The molecule has 1 saturated carbocycles. The van der Waals surface area contributed by atoms with Gasteiger partial charge in [0.25, 0.3) is 0 Å². The predicted molar refractivity (Wildman–Crippen MR) is 105 cm³/mol. The van der Waals surface area contributed by atoms with Gasteiger partial charge in [-0.1, -0.05) is 50.1 Å². The summed E-state index contributed by atoms with van der Waals surface area (Å²) in [5.41, 5.74) is -0.492. The zero-order valence-electron chi connectivity index (χ0n) is 15.6. The Morgan fingerprint density at radius 1 is 1.07 bits per heavy atom. The molecule has 2 aromatic carbocycles. The average Bonchev–Trinajstić information content (AvgIpc) is 3.50. The van der Waals surface area contributed by atoms with Gasteiger partial charge < -0.3 is 10.2 Å². The number of hydrogen-bond donors (Lipinski definition) is 2. The Labute approximate surface area is 161 Å². The van der Waals surface area contributed by atoms with Crippen LogP contribution in [0.25, 0.3) is 0 Å². The lowest BCUT2D eigenvalue weighted by Crippen LogP contribution is -2.45. The SMILES string of the molecule is CCCCC(O)(CN(C1CC1)S(=O)(=O)c1ccc(O)cc1)c1ccccc1. The molecule has 0 aliphatic heterocycles. The molecule has 0 saturated heterocycles. The molecule has 0 heterocycles. The normalized spacial score (nSPS) is 17.0. The number of sulfonamides is 1. The average molecular weight is 390 g/mol. The molecule has 1 aliphatic carbocycles. The van der Waals surface area contributed by atoms with Crippen LogP contribution in [0, 0.1) is 0 Å². The van der Waals surface area contributed by atoms with E-state index in [1.54, 1.807) is 0 Å². The Hall–Kier alpha value is -1.89. The van der Waals surface area contributed by atoms with E-state index in [1.165, 1.54) is 28.6 Å². The first-order valence-electron chi connectivity index (χ1n) is 9.45.